The third-order valence-corrected chi connectivity index (χ3v) is 2.63. The molecule has 5 nitrogen and oxygen atoms in total. The van der Waals surface area contributed by atoms with Gasteiger partial charge in [0.25, 0.3) is 6.43 Å². The fourth-order valence-corrected chi connectivity index (χ4v) is 1.76. The Bertz CT molecular complexity index is 643. The van der Waals surface area contributed by atoms with Gasteiger partial charge in [0.2, 0.25) is 0 Å². The molecule has 20 heavy (non-hydrogen) atoms. The van der Waals surface area contributed by atoms with Gasteiger partial charge in [-0.3, -0.25) is 0 Å². The Hall–Kier alpha value is -2.70. The topological polar surface area (TPSA) is 87.7 Å². The third-order valence-electron chi connectivity index (χ3n) is 2.63. The number of carboxylic acids is 2. The molecule has 0 amide bonds. The van der Waals surface area contributed by atoms with Crippen LogP contribution in [-0.4, -0.2) is 22.2 Å². The Morgan fingerprint density at radius 1 is 1.05 bits per heavy atom. The van der Waals surface area contributed by atoms with Gasteiger partial charge in [0.05, 0.1) is 17.4 Å². The number of alkyl halides is 2. The summed E-state index contributed by atoms with van der Waals surface area (Å²) in [7, 11) is 0. The maximum absolute atomic E-state index is 12.7. The molecule has 1 heterocycles. The molecule has 0 saturated carbocycles. The molecule has 1 aromatic heterocycles. The van der Waals surface area contributed by atoms with Crippen molar-refractivity contribution in [2.75, 3.05) is 0 Å². The minimum absolute atomic E-state index is 0.0365. The summed E-state index contributed by atoms with van der Waals surface area (Å²) in [5.74, 6) is -3.34. The van der Waals surface area contributed by atoms with Gasteiger partial charge < -0.3 is 14.6 Å². The number of aromatic carboxylic acids is 2. The summed E-state index contributed by atoms with van der Waals surface area (Å²) in [5.41, 5.74) is -0.598. The van der Waals surface area contributed by atoms with Crippen molar-refractivity contribution in [1.29, 1.82) is 0 Å². The van der Waals surface area contributed by atoms with Crippen molar-refractivity contribution in [2.24, 2.45) is 0 Å². The lowest BCUT2D eigenvalue weighted by Gasteiger charge is -2.05. The van der Waals surface area contributed by atoms with Gasteiger partial charge in [-0.05, 0) is 29.8 Å². The van der Waals surface area contributed by atoms with Crippen LogP contribution < -0.4 is 0 Å². The van der Waals surface area contributed by atoms with E-state index in [1.165, 1.54) is 6.07 Å². The van der Waals surface area contributed by atoms with E-state index < -0.39 is 24.1 Å². The molecule has 0 saturated heterocycles. The lowest BCUT2D eigenvalue weighted by atomic mass is 10.00. The minimum atomic E-state index is -2.89. The third kappa shape index (κ3) is 2.51. The molecule has 1 aromatic carbocycles. The fourth-order valence-electron chi connectivity index (χ4n) is 1.76. The quantitative estimate of drug-likeness (QED) is 0.898. The van der Waals surface area contributed by atoms with Gasteiger partial charge in [0.15, 0.2) is 5.76 Å². The van der Waals surface area contributed by atoms with Crippen molar-refractivity contribution in [3.05, 3.63) is 47.4 Å². The predicted molar refractivity (Wildman–Crippen MR) is 63.0 cm³/mol. The zero-order chi connectivity index (χ0) is 14.9. The van der Waals surface area contributed by atoms with Gasteiger partial charge in [-0.25, -0.2) is 18.4 Å². The first-order chi connectivity index (χ1) is 9.40. The maximum atomic E-state index is 12.7. The summed E-state index contributed by atoms with van der Waals surface area (Å²) in [5, 5.41) is 17.9. The number of hydrogen-bond donors (Lipinski definition) is 2. The minimum Gasteiger partial charge on any atom is -0.478 e. The summed E-state index contributed by atoms with van der Waals surface area (Å²) >= 11 is 0. The standard InChI is InChI=1S/C13H8F2O5/c14-11(15)10-9(1-2-20-10)6-3-7(12(16)17)5-8(4-6)13(18)19/h1-5,11H,(H,16,17)(H,18,19). The molecule has 0 aliphatic carbocycles. The largest absolute Gasteiger partial charge is 0.478 e. The summed E-state index contributed by atoms with van der Waals surface area (Å²) in [4.78, 5) is 21.9. The Balaban J connectivity index is 2.64. The van der Waals surface area contributed by atoms with E-state index in [1.54, 1.807) is 0 Å². The van der Waals surface area contributed by atoms with Gasteiger partial charge in [-0.15, -0.1) is 0 Å². The molecule has 7 heteroatoms. The number of carboxylic acid groups (broad SMARTS) is 2. The molecule has 2 N–H and O–H groups in total. The van der Waals surface area contributed by atoms with Gasteiger partial charge >= 0.3 is 11.9 Å². The first-order valence-corrected chi connectivity index (χ1v) is 5.37. The highest BCUT2D eigenvalue weighted by Gasteiger charge is 2.20. The Kier molecular flexibility index (Phi) is 3.51. The van der Waals surface area contributed by atoms with Crippen LogP contribution in [-0.2, 0) is 0 Å². The molecule has 0 radical (unpaired) electrons. The van der Waals surface area contributed by atoms with Crippen LogP contribution in [0, 0.1) is 0 Å². The summed E-state index contributed by atoms with van der Waals surface area (Å²) in [6, 6.07) is 4.42. The van der Waals surface area contributed by atoms with Crippen molar-refractivity contribution in [1.82, 2.24) is 0 Å². The Morgan fingerprint density at radius 2 is 1.60 bits per heavy atom. The second kappa shape index (κ2) is 5.12. The van der Waals surface area contributed by atoms with E-state index in [2.05, 4.69) is 4.42 Å². The number of rotatable bonds is 4. The normalized spacial score (nSPS) is 10.8. The number of hydrogen-bond acceptors (Lipinski definition) is 3. The molecule has 2 aromatic rings. The SMILES string of the molecule is O=C(O)c1cc(C(=O)O)cc(-c2ccoc2C(F)F)c1. The number of furan rings is 1. The molecule has 0 aliphatic heterocycles. The monoisotopic (exact) mass is 282 g/mol. The molecular formula is C13H8F2O5. The van der Waals surface area contributed by atoms with Crippen molar-refractivity contribution in [3.63, 3.8) is 0 Å². The first kappa shape index (κ1) is 13.7. The van der Waals surface area contributed by atoms with E-state index in [0.29, 0.717) is 0 Å². The van der Waals surface area contributed by atoms with Crippen LogP contribution in [0.4, 0.5) is 8.78 Å². The fraction of sp³-hybridized carbons (Fsp3) is 0.0769. The van der Waals surface area contributed by atoms with Crippen molar-refractivity contribution >= 4 is 11.9 Å². The van der Waals surface area contributed by atoms with Crippen LogP contribution in [0.1, 0.15) is 32.9 Å². The molecule has 104 valence electrons. The van der Waals surface area contributed by atoms with Crippen molar-refractivity contribution < 1.29 is 33.0 Å². The van der Waals surface area contributed by atoms with Crippen molar-refractivity contribution in [3.8, 4) is 11.1 Å². The average molecular weight is 282 g/mol. The van der Waals surface area contributed by atoms with Gasteiger partial charge in [-0.1, -0.05) is 0 Å². The number of benzene rings is 1. The van der Waals surface area contributed by atoms with E-state index >= 15 is 0 Å². The zero-order valence-corrected chi connectivity index (χ0v) is 9.84. The molecule has 0 spiro atoms. The van der Waals surface area contributed by atoms with Crippen LogP contribution in [0.15, 0.2) is 34.9 Å². The second-order valence-corrected chi connectivity index (χ2v) is 3.91. The highest BCUT2D eigenvalue weighted by molar-refractivity contribution is 5.96. The van der Waals surface area contributed by atoms with Crippen LogP contribution in [0.5, 0.6) is 0 Å². The Morgan fingerprint density at radius 3 is 2.05 bits per heavy atom. The second-order valence-electron chi connectivity index (χ2n) is 3.91. The highest BCUT2D eigenvalue weighted by Crippen LogP contribution is 2.33. The summed E-state index contributed by atoms with van der Waals surface area (Å²) in [6.45, 7) is 0. The average Bonchev–Trinajstić information content (AvgIpc) is 2.87. The predicted octanol–water partition coefficient (Wildman–Crippen LogP) is 3.28. The van der Waals surface area contributed by atoms with E-state index in [0.717, 1.165) is 24.5 Å². The summed E-state index contributed by atoms with van der Waals surface area (Å²) in [6.07, 6.45) is -1.85. The molecule has 0 bridgehead atoms. The number of carbonyl (C=O) groups is 2. The molecule has 0 unspecified atom stereocenters. The van der Waals surface area contributed by atoms with E-state index in [1.807, 2.05) is 0 Å². The molecule has 0 aliphatic rings. The molecular weight excluding hydrogens is 274 g/mol. The van der Waals surface area contributed by atoms with E-state index in [-0.39, 0.29) is 22.3 Å². The Labute approximate surface area is 111 Å². The number of halogens is 2. The zero-order valence-electron chi connectivity index (χ0n) is 9.84. The van der Waals surface area contributed by atoms with Gasteiger partial charge in [0, 0.05) is 5.56 Å². The first-order valence-electron chi connectivity index (χ1n) is 5.37. The summed E-state index contributed by atoms with van der Waals surface area (Å²) < 4.78 is 30.1. The van der Waals surface area contributed by atoms with E-state index in [9.17, 15) is 18.4 Å². The van der Waals surface area contributed by atoms with Gasteiger partial charge in [0.1, 0.15) is 0 Å². The van der Waals surface area contributed by atoms with Crippen LogP contribution in [0.25, 0.3) is 11.1 Å². The molecule has 0 fully saturated rings. The van der Waals surface area contributed by atoms with Crippen LogP contribution >= 0.6 is 0 Å². The van der Waals surface area contributed by atoms with Crippen LogP contribution in [0.2, 0.25) is 0 Å². The van der Waals surface area contributed by atoms with Crippen molar-refractivity contribution in [2.45, 2.75) is 6.43 Å². The molecule has 0 atom stereocenters. The lowest BCUT2D eigenvalue weighted by molar-refractivity contribution is 0.0696. The van der Waals surface area contributed by atoms with Gasteiger partial charge in [-0.2, -0.15) is 0 Å². The van der Waals surface area contributed by atoms with E-state index in [4.69, 9.17) is 10.2 Å². The maximum Gasteiger partial charge on any atom is 0.335 e. The smallest absolute Gasteiger partial charge is 0.335 e. The van der Waals surface area contributed by atoms with Crippen LogP contribution in [0.3, 0.4) is 0 Å². The highest BCUT2D eigenvalue weighted by atomic mass is 19.3. The molecule has 2 rings (SSSR count). The lowest BCUT2D eigenvalue weighted by Crippen LogP contribution is -2.03.